The number of carbonyl (C=O) groups is 2. The number of methoxy groups -OCH3 is 2. The quantitative estimate of drug-likeness (QED) is 0.401. The molecule has 1 N–H and O–H groups in total. The molecular weight excluding hydrogens is 506 g/mol. The fourth-order valence-electron chi connectivity index (χ4n) is 4.02. The minimum Gasteiger partial charge on any atom is -0.497 e. The van der Waals surface area contributed by atoms with Crippen LogP contribution in [0.25, 0.3) is 0 Å². The van der Waals surface area contributed by atoms with E-state index in [2.05, 4.69) is 5.32 Å². The molecule has 3 aromatic rings. The van der Waals surface area contributed by atoms with Crippen molar-refractivity contribution in [3.8, 4) is 11.5 Å². The van der Waals surface area contributed by atoms with E-state index in [0.29, 0.717) is 5.75 Å². The number of amides is 2. The molecule has 2 amide bonds. The fraction of sp³-hybridized carbons (Fsp3) is 0.286. The zero-order valence-electron chi connectivity index (χ0n) is 22.2. The van der Waals surface area contributed by atoms with E-state index in [9.17, 15) is 18.0 Å². The number of rotatable bonds is 11. The number of anilines is 1. The minimum atomic E-state index is -4.22. The van der Waals surface area contributed by atoms with Crippen molar-refractivity contribution in [2.24, 2.45) is 0 Å². The van der Waals surface area contributed by atoms with Gasteiger partial charge in [0.05, 0.1) is 24.8 Å². The first-order valence-electron chi connectivity index (χ1n) is 12.0. The molecule has 0 radical (unpaired) electrons. The highest BCUT2D eigenvalue weighted by Gasteiger charge is 2.33. The number of aryl methyl sites for hydroxylation is 1. The SMILES string of the molecule is CNC(=O)[C@H](C)N(Cc1cccc(C)c1)C(=O)CN(c1ccccc1OC)S(=O)(=O)c1ccc(OC)cc1. The Morgan fingerprint density at radius 2 is 1.63 bits per heavy atom. The van der Waals surface area contributed by atoms with E-state index in [-0.39, 0.29) is 28.8 Å². The van der Waals surface area contributed by atoms with Crippen molar-refractivity contribution in [2.45, 2.75) is 31.3 Å². The van der Waals surface area contributed by atoms with Crippen LogP contribution in [0.2, 0.25) is 0 Å². The predicted octanol–water partition coefficient (Wildman–Crippen LogP) is 3.37. The molecule has 202 valence electrons. The first kappa shape index (κ1) is 28.5. The summed E-state index contributed by atoms with van der Waals surface area (Å²) in [5.41, 5.74) is 2.01. The lowest BCUT2D eigenvalue weighted by molar-refractivity contribution is -0.139. The van der Waals surface area contributed by atoms with E-state index in [0.717, 1.165) is 15.4 Å². The minimum absolute atomic E-state index is 0.0263. The van der Waals surface area contributed by atoms with E-state index in [1.54, 1.807) is 31.2 Å². The van der Waals surface area contributed by atoms with Crippen molar-refractivity contribution < 1.29 is 27.5 Å². The molecule has 0 aliphatic heterocycles. The van der Waals surface area contributed by atoms with Gasteiger partial charge in [-0.05, 0) is 55.8 Å². The van der Waals surface area contributed by atoms with E-state index >= 15 is 0 Å². The lowest BCUT2D eigenvalue weighted by atomic mass is 10.1. The zero-order valence-corrected chi connectivity index (χ0v) is 23.0. The van der Waals surface area contributed by atoms with E-state index in [4.69, 9.17) is 9.47 Å². The van der Waals surface area contributed by atoms with Gasteiger partial charge >= 0.3 is 0 Å². The van der Waals surface area contributed by atoms with Gasteiger partial charge in [-0.3, -0.25) is 13.9 Å². The van der Waals surface area contributed by atoms with Crippen molar-refractivity contribution in [1.82, 2.24) is 10.2 Å². The number of benzene rings is 3. The third-order valence-electron chi connectivity index (χ3n) is 6.13. The van der Waals surface area contributed by atoms with Crippen LogP contribution in [-0.4, -0.2) is 59.0 Å². The highest BCUT2D eigenvalue weighted by Crippen LogP contribution is 2.33. The van der Waals surface area contributed by atoms with Gasteiger partial charge in [-0.2, -0.15) is 0 Å². The predicted molar refractivity (Wildman–Crippen MR) is 146 cm³/mol. The molecule has 38 heavy (non-hydrogen) atoms. The first-order chi connectivity index (χ1) is 18.1. The number of hydrogen-bond donors (Lipinski definition) is 1. The Hall–Kier alpha value is -4.05. The van der Waals surface area contributed by atoms with Crippen LogP contribution in [0.1, 0.15) is 18.1 Å². The fourth-order valence-corrected chi connectivity index (χ4v) is 5.45. The second-order valence-electron chi connectivity index (χ2n) is 8.66. The number of ether oxygens (including phenoxy) is 2. The number of sulfonamides is 1. The summed E-state index contributed by atoms with van der Waals surface area (Å²) in [6.45, 7) is 3.11. The van der Waals surface area contributed by atoms with Gasteiger partial charge in [0.1, 0.15) is 24.1 Å². The smallest absolute Gasteiger partial charge is 0.264 e. The average molecular weight is 540 g/mol. The van der Waals surface area contributed by atoms with Crippen molar-refractivity contribution in [3.05, 3.63) is 83.9 Å². The molecule has 0 saturated carbocycles. The van der Waals surface area contributed by atoms with Crippen LogP contribution >= 0.6 is 0 Å². The van der Waals surface area contributed by atoms with Crippen LogP contribution in [0.4, 0.5) is 5.69 Å². The van der Waals surface area contributed by atoms with Gasteiger partial charge in [-0.15, -0.1) is 0 Å². The summed E-state index contributed by atoms with van der Waals surface area (Å²) in [6.07, 6.45) is 0. The number of hydrogen-bond acceptors (Lipinski definition) is 6. The molecule has 0 aromatic heterocycles. The Labute approximate surface area is 224 Å². The summed E-state index contributed by atoms with van der Waals surface area (Å²) in [7, 11) is 0.181. The van der Waals surface area contributed by atoms with Gasteiger partial charge in [0, 0.05) is 13.6 Å². The van der Waals surface area contributed by atoms with Gasteiger partial charge < -0.3 is 19.7 Å². The van der Waals surface area contributed by atoms with Crippen molar-refractivity contribution in [2.75, 3.05) is 32.1 Å². The largest absolute Gasteiger partial charge is 0.497 e. The second-order valence-corrected chi connectivity index (χ2v) is 10.5. The maximum atomic E-state index is 13.9. The molecule has 0 saturated heterocycles. The Morgan fingerprint density at radius 3 is 2.24 bits per heavy atom. The summed E-state index contributed by atoms with van der Waals surface area (Å²) in [5.74, 6) is -0.145. The number of nitrogens with zero attached hydrogens (tertiary/aromatic N) is 2. The van der Waals surface area contributed by atoms with Crippen LogP contribution in [0.3, 0.4) is 0 Å². The lowest BCUT2D eigenvalue weighted by Crippen LogP contribution is -2.50. The van der Waals surface area contributed by atoms with Crippen LogP contribution in [-0.2, 0) is 26.2 Å². The van der Waals surface area contributed by atoms with Gasteiger partial charge in [-0.25, -0.2) is 8.42 Å². The Balaban J connectivity index is 2.07. The van der Waals surface area contributed by atoms with Gasteiger partial charge in [0.25, 0.3) is 10.0 Å². The van der Waals surface area contributed by atoms with Crippen molar-refractivity contribution >= 4 is 27.5 Å². The molecule has 3 aromatic carbocycles. The van der Waals surface area contributed by atoms with Crippen LogP contribution in [0, 0.1) is 6.92 Å². The van der Waals surface area contributed by atoms with Crippen molar-refractivity contribution in [3.63, 3.8) is 0 Å². The molecule has 0 aliphatic rings. The molecule has 0 bridgehead atoms. The normalized spacial score (nSPS) is 11.8. The van der Waals surface area contributed by atoms with E-state index in [1.807, 2.05) is 31.2 Å². The van der Waals surface area contributed by atoms with Gasteiger partial charge in [0.15, 0.2) is 0 Å². The van der Waals surface area contributed by atoms with E-state index in [1.165, 1.54) is 50.4 Å². The monoisotopic (exact) mass is 539 g/mol. The maximum Gasteiger partial charge on any atom is 0.264 e. The van der Waals surface area contributed by atoms with Crippen molar-refractivity contribution in [1.29, 1.82) is 0 Å². The summed E-state index contributed by atoms with van der Waals surface area (Å²) in [5, 5.41) is 2.57. The highest BCUT2D eigenvalue weighted by molar-refractivity contribution is 7.92. The lowest BCUT2D eigenvalue weighted by Gasteiger charge is -2.32. The molecule has 9 nitrogen and oxygen atoms in total. The molecule has 0 aliphatic carbocycles. The van der Waals surface area contributed by atoms with Crippen LogP contribution < -0.4 is 19.1 Å². The van der Waals surface area contributed by atoms with Crippen LogP contribution in [0.5, 0.6) is 11.5 Å². The zero-order chi connectivity index (χ0) is 27.9. The topological polar surface area (TPSA) is 105 Å². The first-order valence-corrected chi connectivity index (χ1v) is 13.4. The number of para-hydroxylation sites is 2. The molecule has 10 heteroatoms. The summed E-state index contributed by atoms with van der Waals surface area (Å²) < 4.78 is 39.4. The van der Waals surface area contributed by atoms with Gasteiger partial charge in [-0.1, -0.05) is 42.0 Å². The average Bonchev–Trinajstić information content (AvgIpc) is 2.93. The standard InChI is InChI=1S/C28H33N3O6S/c1-20-9-8-10-22(17-20)18-30(21(2)28(33)29-3)27(32)19-31(25-11-6-7-12-26(25)37-5)38(34,35)24-15-13-23(36-4)14-16-24/h6-17,21H,18-19H2,1-5H3,(H,29,33)/t21-/m0/s1. The third kappa shape index (κ3) is 6.44. The highest BCUT2D eigenvalue weighted by atomic mass is 32.2. The summed E-state index contributed by atoms with van der Waals surface area (Å²) >= 11 is 0. The number of nitrogens with one attached hydrogen (secondary N) is 1. The number of carbonyl (C=O) groups excluding carboxylic acids is 2. The summed E-state index contributed by atoms with van der Waals surface area (Å²) in [4.78, 5) is 27.8. The maximum absolute atomic E-state index is 13.9. The molecule has 3 rings (SSSR count). The molecule has 1 atom stereocenters. The number of likely N-dealkylation sites (N-methyl/N-ethyl adjacent to an activating group) is 1. The Bertz CT molecular complexity index is 1380. The van der Waals surface area contributed by atoms with Crippen LogP contribution in [0.15, 0.2) is 77.7 Å². The Morgan fingerprint density at radius 1 is 0.947 bits per heavy atom. The van der Waals surface area contributed by atoms with Gasteiger partial charge in [0.2, 0.25) is 11.8 Å². The molecular formula is C28H33N3O6S. The molecule has 0 spiro atoms. The summed E-state index contributed by atoms with van der Waals surface area (Å²) in [6, 6.07) is 19.2. The third-order valence-corrected chi connectivity index (χ3v) is 7.90. The molecule has 0 fully saturated rings. The molecule has 0 unspecified atom stereocenters. The second kappa shape index (κ2) is 12.5. The molecule has 0 heterocycles. The van der Waals surface area contributed by atoms with E-state index < -0.39 is 28.5 Å². The Kier molecular flexibility index (Phi) is 9.35.